The van der Waals surface area contributed by atoms with Crippen molar-refractivity contribution >= 4 is 45.9 Å². The van der Waals surface area contributed by atoms with E-state index in [1.807, 2.05) is 24.3 Å². The standard InChI is InChI=1S/C20H15N3O5S/c1-27-13-4-2-11(3-5-13)8-22-18(24)15-10-21-9-12-6-14(28-17(12)15)7-16-19(25)23-20(26)29-16/h2-7,9-10H,8H2,1H3,(H,22,24)(H,23,25,26). The smallest absolute Gasteiger partial charge is 0.290 e. The number of amides is 3. The third-order valence-electron chi connectivity index (χ3n) is 4.21. The topological polar surface area (TPSA) is 111 Å². The number of thioether (sulfide) groups is 1. The number of furan rings is 1. The molecule has 0 bridgehead atoms. The van der Waals surface area contributed by atoms with E-state index in [0.717, 1.165) is 23.1 Å². The number of hydrogen-bond donors (Lipinski definition) is 2. The number of rotatable bonds is 5. The Morgan fingerprint density at radius 3 is 2.76 bits per heavy atom. The Hall–Kier alpha value is -3.59. The summed E-state index contributed by atoms with van der Waals surface area (Å²) >= 11 is 0.795. The van der Waals surface area contributed by atoms with Crippen LogP contribution in [0.1, 0.15) is 21.7 Å². The fraction of sp³-hybridized carbons (Fsp3) is 0.100. The average molecular weight is 409 g/mol. The molecule has 29 heavy (non-hydrogen) atoms. The molecule has 3 aromatic rings. The van der Waals surface area contributed by atoms with Gasteiger partial charge in [0.2, 0.25) is 0 Å². The number of fused-ring (bicyclic) bond motifs is 1. The zero-order valence-electron chi connectivity index (χ0n) is 15.2. The first-order valence-corrected chi connectivity index (χ1v) is 9.38. The third-order valence-corrected chi connectivity index (χ3v) is 5.02. The van der Waals surface area contributed by atoms with E-state index in [-0.39, 0.29) is 16.4 Å². The second-order valence-corrected chi connectivity index (χ2v) is 7.15. The lowest BCUT2D eigenvalue weighted by atomic mass is 10.2. The zero-order valence-corrected chi connectivity index (χ0v) is 16.0. The van der Waals surface area contributed by atoms with E-state index in [1.54, 1.807) is 19.4 Å². The van der Waals surface area contributed by atoms with E-state index in [2.05, 4.69) is 15.6 Å². The average Bonchev–Trinajstić information content (AvgIpc) is 3.28. The van der Waals surface area contributed by atoms with Gasteiger partial charge in [0.25, 0.3) is 17.1 Å². The van der Waals surface area contributed by atoms with Crippen LogP contribution in [0, 0.1) is 0 Å². The van der Waals surface area contributed by atoms with Crippen molar-refractivity contribution in [3.63, 3.8) is 0 Å². The summed E-state index contributed by atoms with van der Waals surface area (Å²) in [6, 6.07) is 9.02. The molecule has 0 unspecified atom stereocenters. The molecule has 0 radical (unpaired) electrons. The fourth-order valence-electron chi connectivity index (χ4n) is 2.79. The van der Waals surface area contributed by atoms with Gasteiger partial charge in [-0.3, -0.25) is 24.7 Å². The molecule has 3 heterocycles. The maximum Gasteiger partial charge on any atom is 0.290 e. The van der Waals surface area contributed by atoms with E-state index in [4.69, 9.17) is 9.15 Å². The van der Waals surface area contributed by atoms with Crippen molar-refractivity contribution in [2.45, 2.75) is 6.54 Å². The van der Waals surface area contributed by atoms with Crippen LogP contribution in [0.2, 0.25) is 0 Å². The summed E-state index contributed by atoms with van der Waals surface area (Å²) in [7, 11) is 1.59. The molecule has 146 valence electrons. The van der Waals surface area contributed by atoms with Gasteiger partial charge in [0.15, 0.2) is 5.58 Å². The number of carbonyl (C=O) groups excluding carboxylic acids is 3. The Bertz CT molecular complexity index is 1150. The highest BCUT2D eigenvalue weighted by molar-refractivity contribution is 8.18. The molecule has 1 fully saturated rings. The molecular weight excluding hydrogens is 394 g/mol. The Labute approximate surface area is 169 Å². The van der Waals surface area contributed by atoms with Crippen LogP contribution in [0.5, 0.6) is 5.75 Å². The lowest BCUT2D eigenvalue weighted by Gasteiger charge is -2.06. The predicted molar refractivity (Wildman–Crippen MR) is 107 cm³/mol. The van der Waals surface area contributed by atoms with Crippen molar-refractivity contribution in [1.29, 1.82) is 0 Å². The van der Waals surface area contributed by atoms with Crippen LogP contribution in [0.15, 0.2) is 52.0 Å². The molecule has 1 aliphatic rings. The normalized spacial score (nSPS) is 15.0. The molecule has 1 saturated heterocycles. The maximum absolute atomic E-state index is 12.6. The molecule has 8 nitrogen and oxygen atoms in total. The minimum atomic E-state index is -0.476. The van der Waals surface area contributed by atoms with Crippen molar-refractivity contribution in [2.75, 3.05) is 7.11 Å². The zero-order chi connectivity index (χ0) is 20.4. The van der Waals surface area contributed by atoms with Crippen molar-refractivity contribution in [1.82, 2.24) is 15.6 Å². The molecule has 0 spiro atoms. The molecule has 3 amide bonds. The number of ether oxygens (including phenoxy) is 1. The molecule has 2 N–H and O–H groups in total. The van der Waals surface area contributed by atoms with Crippen LogP contribution in [0.4, 0.5) is 4.79 Å². The Morgan fingerprint density at radius 1 is 1.28 bits per heavy atom. The highest BCUT2D eigenvalue weighted by atomic mass is 32.2. The van der Waals surface area contributed by atoms with Gasteiger partial charge in [0.05, 0.1) is 12.0 Å². The van der Waals surface area contributed by atoms with Gasteiger partial charge in [-0.15, -0.1) is 0 Å². The molecular formula is C20H15N3O5S. The van der Waals surface area contributed by atoms with Crippen LogP contribution < -0.4 is 15.4 Å². The van der Waals surface area contributed by atoms with Crippen molar-refractivity contribution < 1.29 is 23.5 Å². The Kier molecular flexibility index (Phi) is 5.05. The number of pyridine rings is 1. The molecule has 2 aromatic heterocycles. The number of hydrogen-bond acceptors (Lipinski definition) is 7. The quantitative estimate of drug-likeness (QED) is 0.623. The summed E-state index contributed by atoms with van der Waals surface area (Å²) in [5.41, 5.74) is 1.55. The summed E-state index contributed by atoms with van der Waals surface area (Å²) in [6.07, 6.45) is 4.45. The van der Waals surface area contributed by atoms with E-state index >= 15 is 0 Å². The molecule has 0 aliphatic carbocycles. The van der Waals surface area contributed by atoms with Gasteiger partial charge >= 0.3 is 0 Å². The summed E-state index contributed by atoms with van der Waals surface area (Å²) in [4.78, 5) is 39.9. The monoisotopic (exact) mass is 409 g/mol. The third kappa shape index (κ3) is 3.99. The van der Waals surface area contributed by atoms with Gasteiger partial charge in [-0.05, 0) is 35.5 Å². The lowest BCUT2D eigenvalue weighted by molar-refractivity contribution is -0.115. The van der Waals surface area contributed by atoms with Crippen LogP contribution in [-0.4, -0.2) is 29.1 Å². The summed E-state index contributed by atoms with van der Waals surface area (Å²) < 4.78 is 10.9. The minimum Gasteiger partial charge on any atom is -0.497 e. The summed E-state index contributed by atoms with van der Waals surface area (Å²) in [5.74, 6) is 0.276. The fourth-order valence-corrected chi connectivity index (χ4v) is 3.45. The number of carbonyl (C=O) groups is 3. The summed E-state index contributed by atoms with van der Waals surface area (Å²) in [5, 5.41) is 5.19. The first-order valence-electron chi connectivity index (χ1n) is 8.57. The van der Waals surface area contributed by atoms with Crippen LogP contribution in [0.25, 0.3) is 17.0 Å². The molecule has 1 aliphatic heterocycles. The van der Waals surface area contributed by atoms with Crippen LogP contribution >= 0.6 is 11.8 Å². The SMILES string of the molecule is COc1ccc(CNC(=O)c2cncc3cc(C=C4SC(=O)NC4=O)oc23)cc1. The van der Waals surface area contributed by atoms with E-state index in [1.165, 1.54) is 12.3 Å². The molecule has 1 aromatic carbocycles. The predicted octanol–water partition coefficient (Wildman–Crippen LogP) is 3.09. The number of aromatic nitrogens is 1. The first kappa shape index (κ1) is 18.8. The minimum absolute atomic E-state index is 0.229. The van der Waals surface area contributed by atoms with E-state index in [9.17, 15) is 14.4 Å². The Morgan fingerprint density at radius 2 is 2.07 bits per heavy atom. The molecule has 9 heteroatoms. The van der Waals surface area contributed by atoms with Crippen molar-refractivity contribution in [3.8, 4) is 5.75 Å². The van der Waals surface area contributed by atoms with Gasteiger partial charge in [0.1, 0.15) is 17.1 Å². The van der Waals surface area contributed by atoms with Gasteiger partial charge in [-0.2, -0.15) is 0 Å². The van der Waals surface area contributed by atoms with Gasteiger partial charge in [0, 0.05) is 30.4 Å². The van der Waals surface area contributed by atoms with Crippen molar-refractivity contribution in [3.05, 3.63) is 64.5 Å². The van der Waals surface area contributed by atoms with Crippen LogP contribution in [-0.2, 0) is 11.3 Å². The second kappa shape index (κ2) is 7.80. The van der Waals surface area contributed by atoms with Crippen LogP contribution in [0.3, 0.4) is 0 Å². The molecule has 0 saturated carbocycles. The maximum atomic E-state index is 12.6. The first-order chi connectivity index (χ1) is 14.0. The van der Waals surface area contributed by atoms with E-state index < -0.39 is 11.1 Å². The van der Waals surface area contributed by atoms with Crippen molar-refractivity contribution in [2.24, 2.45) is 0 Å². The largest absolute Gasteiger partial charge is 0.497 e. The number of imide groups is 1. The highest BCUT2D eigenvalue weighted by Gasteiger charge is 2.25. The second-order valence-electron chi connectivity index (χ2n) is 6.14. The molecule has 4 rings (SSSR count). The van der Waals surface area contributed by atoms with Gasteiger partial charge < -0.3 is 14.5 Å². The lowest BCUT2D eigenvalue weighted by Crippen LogP contribution is -2.23. The Balaban J connectivity index is 1.54. The number of methoxy groups -OCH3 is 1. The number of nitrogens with one attached hydrogen (secondary N) is 2. The van der Waals surface area contributed by atoms with Gasteiger partial charge in [-0.25, -0.2) is 0 Å². The highest BCUT2D eigenvalue weighted by Crippen LogP contribution is 2.29. The van der Waals surface area contributed by atoms with Gasteiger partial charge in [-0.1, -0.05) is 12.1 Å². The number of benzene rings is 1. The molecule has 0 atom stereocenters. The number of nitrogens with zero attached hydrogens (tertiary/aromatic N) is 1. The van der Waals surface area contributed by atoms with E-state index in [0.29, 0.717) is 23.3 Å². The summed E-state index contributed by atoms with van der Waals surface area (Å²) in [6.45, 7) is 0.329.